The molecule has 1 atom stereocenters. The average molecular weight is 304 g/mol. The van der Waals surface area contributed by atoms with E-state index in [0.717, 1.165) is 42.3 Å². The predicted molar refractivity (Wildman–Crippen MR) is 84.0 cm³/mol. The molecule has 1 unspecified atom stereocenters. The van der Waals surface area contributed by atoms with Gasteiger partial charge in [-0.2, -0.15) is 0 Å². The zero-order chi connectivity index (χ0) is 14.8. The minimum Gasteiger partial charge on any atom is -0.368 e. The molecule has 1 saturated heterocycles. The van der Waals surface area contributed by atoms with Gasteiger partial charge in [0.2, 0.25) is 5.91 Å². The highest BCUT2D eigenvalue weighted by molar-refractivity contribution is 6.30. The molecule has 2 aromatic rings. The lowest BCUT2D eigenvalue weighted by Gasteiger charge is -2.33. The number of piperidine rings is 1. The van der Waals surface area contributed by atoms with Gasteiger partial charge in [0, 0.05) is 17.5 Å². The number of benzene rings is 1. The maximum Gasteiger partial charge on any atom is 0.234 e. The van der Waals surface area contributed by atoms with Crippen LogP contribution in [0.2, 0.25) is 5.15 Å². The number of aromatic nitrogens is 1. The second kappa shape index (κ2) is 6.00. The topological polar surface area (TPSA) is 59.2 Å². The number of hydrogen-bond acceptors (Lipinski definition) is 3. The van der Waals surface area contributed by atoms with Crippen molar-refractivity contribution in [2.24, 2.45) is 5.73 Å². The Bertz CT molecular complexity index is 674. The van der Waals surface area contributed by atoms with Crippen LogP contribution in [-0.4, -0.2) is 28.4 Å². The van der Waals surface area contributed by atoms with Crippen molar-refractivity contribution in [2.45, 2.75) is 31.8 Å². The van der Waals surface area contributed by atoms with Crippen molar-refractivity contribution in [1.29, 1.82) is 0 Å². The Labute approximate surface area is 128 Å². The molecule has 1 amide bonds. The van der Waals surface area contributed by atoms with Crippen molar-refractivity contribution in [3.8, 4) is 0 Å². The van der Waals surface area contributed by atoms with Gasteiger partial charge in [0.05, 0.1) is 11.6 Å². The molecule has 1 aliphatic rings. The van der Waals surface area contributed by atoms with Crippen LogP contribution in [0, 0.1) is 0 Å². The summed E-state index contributed by atoms with van der Waals surface area (Å²) in [6.07, 6.45) is 2.96. The molecular weight excluding hydrogens is 286 g/mol. The van der Waals surface area contributed by atoms with E-state index in [2.05, 4.69) is 16.0 Å². The number of likely N-dealkylation sites (tertiary alicyclic amines) is 1. The number of pyridine rings is 1. The van der Waals surface area contributed by atoms with Crippen molar-refractivity contribution < 1.29 is 4.79 Å². The summed E-state index contributed by atoms with van der Waals surface area (Å²) >= 11 is 6.30. The molecule has 1 aliphatic heterocycles. The number of nitrogens with zero attached hydrogens (tertiary/aromatic N) is 2. The second-order valence-electron chi connectivity index (χ2n) is 5.52. The van der Waals surface area contributed by atoms with Crippen LogP contribution < -0.4 is 5.73 Å². The standard InChI is InChI=1S/C16H18ClN3O/c17-15-12(9-11-5-1-2-6-13(11)19-15)10-20-8-4-3-7-14(20)16(18)21/h1-2,5-6,9,14H,3-4,7-8,10H2,(H2,18,21). The van der Waals surface area contributed by atoms with E-state index in [4.69, 9.17) is 17.3 Å². The van der Waals surface area contributed by atoms with E-state index in [9.17, 15) is 4.79 Å². The average Bonchev–Trinajstić information content (AvgIpc) is 2.48. The monoisotopic (exact) mass is 303 g/mol. The summed E-state index contributed by atoms with van der Waals surface area (Å²) in [6, 6.07) is 9.74. The number of nitrogens with two attached hydrogens (primary N) is 1. The van der Waals surface area contributed by atoms with Gasteiger partial charge in [0.15, 0.2) is 0 Å². The first-order valence-electron chi connectivity index (χ1n) is 7.22. The highest BCUT2D eigenvalue weighted by Crippen LogP contribution is 2.25. The van der Waals surface area contributed by atoms with Crippen LogP contribution in [-0.2, 0) is 11.3 Å². The fourth-order valence-electron chi connectivity index (χ4n) is 2.97. The molecule has 1 fully saturated rings. The normalized spacial score (nSPS) is 19.8. The number of carbonyl (C=O) groups excluding carboxylic acids is 1. The zero-order valence-electron chi connectivity index (χ0n) is 11.8. The zero-order valence-corrected chi connectivity index (χ0v) is 12.5. The Kier molecular flexibility index (Phi) is 4.08. The molecule has 4 nitrogen and oxygen atoms in total. The number of amides is 1. The summed E-state index contributed by atoms with van der Waals surface area (Å²) < 4.78 is 0. The SMILES string of the molecule is NC(=O)C1CCCCN1Cc1cc2ccccc2nc1Cl. The Balaban J connectivity index is 1.89. The molecule has 2 heterocycles. The van der Waals surface area contributed by atoms with Gasteiger partial charge in [-0.3, -0.25) is 9.69 Å². The first kappa shape index (κ1) is 14.3. The van der Waals surface area contributed by atoms with Gasteiger partial charge in [-0.1, -0.05) is 36.2 Å². The highest BCUT2D eigenvalue weighted by atomic mass is 35.5. The molecule has 1 aromatic carbocycles. The third-order valence-corrected chi connectivity index (χ3v) is 4.39. The number of rotatable bonds is 3. The number of fused-ring (bicyclic) bond motifs is 1. The van der Waals surface area contributed by atoms with E-state index < -0.39 is 0 Å². The molecule has 1 aromatic heterocycles. The highest BCUT2D eigenvalue weighted by Gasteiger charge is 2.27. The molecule has 0 spiro atoms. The summed E-state index contributed by atoms with van der Waals surface area (Å²) in [6.45, 7) is 1.49. The number of hydrogen-bond donors (Lipinski definition) is 1. The molecule has 0 saturated carbocycles. The lowest BCUT2D eigenvalue weighted by Crippen LogP contribution is -2.47. The Morgan fingerprint density at radius 2 is 2.19 bits per heavy atom. The van der Waals surface area contributed by atoms with E-state index in [-0.39, 0.29) is 11.9 Å². The van der Waals surface area contributed by atoms with E-state index in [0.29, 0.717) is 11.7 Å². The van der Waals surface area contributed by atoms with Crippen molar-refractivity contribution in [1.82, 2.24) is 9.88 Å². The van der Waals surface area contributed by atoms with Crippen LogP contribution in [0.4, 0.5) is 0 Å². The van der Waals surface area contributed by atoms with Crippen LogP contribution in [0.25, 0.3) is 10.9 Å². The number of para-hydroxylation sites is 1. The molecule has 110 valence electrons. The fraction of sp³-hybridized carbons (Fsp3) is 0.375. The summed E-state index contributed by atoms with van der Waals surface area (Å²) in [7, 11) is 0. The third-order valence-electron chi connectivity index (χ3n) is 4.07. The lowest BCUT2D eigenvalue weighted by molar-refractivity contribution is -0.124. The van der Waals surface area contributed by atoms with Crippen LogP contribution in [0.5, 0.6) is 0 Å². The molecule has 0 bridgehead atoms. The van der Waals surface area contributed by atoms with Crippen LogP contribution >= 0.6 is 11.6 Å². The van der Waals surface area contributed by atoms with Crippen molar-refractivity contribution >= 4 is 28.4 Å². The number of halogens is 1. The minimum atomic E-state index is -0.250. The lowest BCUT2D eigenvalue weighted by atomic mass is 10.0. The Hall–Kier alpha value is -1.65. The predicted octanol–water partition coefficient (Wildman–Crippen LogP) is 2.73. The van der Waals surface area contributed by atoms with E-state index >= 15 is 0 Å². The van der Waals surface area contributed by atoms with Gasteiger partial charge < -0.3 is 5.73 Å². The van der Waals surface area contributed by atoms with Crippen molar-refractivity contribution in [3.63, 3.8) is 0 Å². The van der Waals surface area contributed by atoms with Crippen molar-refractivity contribution in [3.05, 3.63) is 41.0 Å². The van der Waals surface area contributed by atoms with E-state index in [1.54, 1.807) is 0 Å². The van der Waals surface area contributed by atoms with Crippen molar-refractivity contribution in [2.75, 3.05) is 6.54 Å². The maximum atomic E-state index is 11.6. The third kappa shape index (κ3) is 3.01. The molecule has 2 N–H and O–H groups in total. The van der Waals surface area contributed by atoms with Gasteiger partial charge in [-0.15, -0.1) is 0 Å². The summed E-state index contributed by atoms with van der Waals surface area (Å²) in [5.74, 6) is -0.250. The number of carbonyl (C=O) groups is 1. The molecule has 0 aliphatic carbocycles. The summed E-state index contributed by atoms with van der Waals surface area (Å²) in [4.78, 5) is 18.1. The molecule has 0 radical (unpaired) electrons. The van der Waals surface area contributed by atoms with E-state index in [1.165, 1.54) is 0 Å². The molecular formula is C16H18ClN3O. The largest absolute Gasteiger partial charge is 0.368 e. The first-order valence-corrected chi connectivity index (χ1v) is 7.60. The molecule has 3 rings (SSSR count). The summed E-state index contributed by atoms with van der Waals surface area (Å²) in [5.41, 5.74) is 7.34. The molecule has 21 heavy (non-hydrogen) atoms. The molecule has 5 heteroatoms. The van der Waals surface area contributed by atoms with Crippen LogP contribution in [0.1, 0.15) is 24.8 Å². The number of primary amides is 1. The summed E-state index contributed by atoms with van der Waals surface area (Å²) in [5, 5.41) is 1.56. The van der Waals surface area contributed by atoms with Gasteiger partial charge in [0.25, 0.3) is 0 Å². The Morgan fingerprint density at radius 3 is 3.00 bits per heavy atom. The second-order valence-corrected chi connectivity index (χ2v) is 5.87. The minimum absolute atomic E-state index is 0.193. The Morgan fingerprint density at radius 1 is 1.38 bits per heavy atom. The van der Waals surface area contributed by atoms with Gasteiger partial charge >= 0.3 is 0 Å². The van der Waals surface area contributed by atoms with Crippen LogP contribution in [0.15, 0.2) is 30.3 Å². The smallest absolute Gasteiger partial charge is 0.234 e. The first-order chi connectivity index (χ1) is 10.1. The van der Waals surface area contributed by atoms with Crippen LogP contribution in [0.3, 0.4) is 0 Å². The van der Waals surface area contributed by atoms with Gasteiger partial charge in [-0.25, -0.2) is 4.98 Å². The quantitative estimate of drug-likeness (QED) is 0.887. The van der Waals surface area contributed by atoms with E-state index in [1.807, 2.05) is 24.3 Å². The van der Waals surface area contributed by atoms with Gasteiger partial charge in [0.1, 0.15) is 5.15 Å². The fourth-order valence-corrected chi connectivity index (χ4v) is 3.17. The maximum absolute atomic E-state index is 11.6. The van der Waals surface area contributed by atoms with Gasteiger partial charge in [-0.05, 0) is 31.5 Å².